The molecule has 0 aliphatic carbocycles. The Bertz CT molecular complexity index is 763. The first-order valence-electron chi connectivity index (χ1n) is 5.89. The second-order valence-electron chi connectivity index (χ2n) is 4.20. The van der Waals surface area contributed by atoms with Gasteiger partial charge in [-0.2, -0.15) is 18.4 Å². The lowest BCUT2D eigenvalue weighted by molar-refractivity contribution is -0.137. The molecule has 2 aromatic carbocycles. The Balaban J connectivity index is 2.44. The van der Waals surface area contributed by atoms with Crippen molar-refractivity contribution in [1.82, 2.24) is 0 Å². The monoisotopic (exact) mass is 309 g/mol. The van der Waals surface area contributed by atoms with Crippen LogP contribution in [0.5, 0.6) is 11.5 Å². The van der Waals surface area contributed by atoms with Gasteiger partial charge in [-0.15, -0.1) is 0 Å². The summed E-state index contributed by atoms with van der Waals surface area (Å²) in [4.78, 5) is 10.6. The van der Waals surface area contributed by atoms with Gasteiger partial charge in [0.15, 0.2) is 17.9 Å². The molecule has 7 heteroatoms. The van der Waals surface area contributed by atoms with E-state index < -0.39 is 23.1 Å². The lowest BCUT2D eigenvalue weighted by Crippen LogP contribution is -2.08. The van der Waals surface area contributed by atoms with E-state index >= 15 is 0 Å². The third-order valence-electron chi connectivity index (χ3n) is 2.76. The molecule has 2 rings (SSSR count). The number of carbonyl (C=O) groups is 1. The maximum atomic E-state index is 13.8. The second-order valence-corrected chi connectivity index (χ2v) is 4.20. The molecule has 0 spiro atoms. The summed E-state index contributed by atoms with van der Waals surface area (Å²) in [7, 11) is 0. The maximum Gasteiger partial charge on any atom is 0.417 e. The summed E-state index contributed by atoms with van der Waals surface area (Å²) in [5, 5.41) is 8.69. The number of rotatable bonds is 3. The SMILES string of the molecule is N#Cc1ccc(Oc2cccc(C=O)c2F)cc1C(F)(F)F. The highest BCUT2D eigenvalue weighted by Gasteiger charge is 2.34. The van der Waals surface area contributed by atoms with Gasteiger partial charge in [0.2, 0.25) is 0 Å². The summed E-state index contributed by atoms with van der Waals surface area (Å²) in [6.45, 7) is 0. The number of nitrogens with zero attached hydrogens (tertiary/aromatic N) is 1. The van der Waals surface area contributed by atoms with Crippen molar-refractivity contribution in [2.45, 2.75) is 6.18 Å². The van der Waals surface area contributed by atoms with Crippen molar-refractivity contribution >= 4 is 6.29 Å². The summed E-state index contributed by atoms with van der Waals surface area (Å²) in [6, 6.07) is 7.78. The fourth-order valence-corrected chi connectivity index (χ4v) is 1.74. The van der Waals surface area contributed by atoms with Crippen molar-refractivity contribution in [2.75, 3.05) is 0 Å². The molecule has 0 radical (unpaired) electrons. The number of halogens is 4. The largest absolute Gasteiger partial charge is 0.454 e. The van der Waals surface area contributed by atoms with Crippen molar-refractivity contribution in [1.29, 1.82) is 5.26 Å². The second kappa shape index (κ2) is 5.85. The van der Waals surface area contributed by atoms with E-state index in [9.17, 15) is 22.4 Å². The first-order chi connectivity index (χ1) is 10.4. The maximum absolute atomic E-state index is 13.8. The summed E-state index contributed by atoms with van der Waals surface area (Å²) in [5.41, 5.74) is -2.02. The van der Waals surface area contributed by atoms with E-state index in [1.807, 2.05) is 0 Å². The normalized spacial score (nSPS) is 10.9. The minimum atomic E-state index is -4.74. The molecule has 0 aliphatic rings. The third kappa shape index (κ3) is 3.06. The van der Waals surface area contributed by atoms with Gasteiger partial charge < -0.3 is 4.74 Å². The van der Waals surface area contributed by atoms with Crippen molar-refractivity contribution < 1.29 is 27.1 Å². The van der Waals surface area contributed by atoms with Gasteiger partial charge in [-0.1, -0.05) is 6.07 Å². The zero-order chi connectivity index (χ0) is 16.3. The van der Waals surface area contributed by atoms with Gasteiger partial charge in [-0.25, -0.2) is 4.39 Å². The van der Waals surface area contributed by atoms with Gasteiger partial charge in [-0.05, 0) is 30.3 Å². The van der Waals surface area contributed by atoms with Gasteiger partial charge >= 0.3 is 6.18 Å². The Labute approximate surface area is 122 Å². The number of aldehydes is 1. The fraction of sp³-hybridized carbons (Fsp3) is 0.0667. The van der Waals surface area contributed by atoms with Crippen LogP contribution in [0.3, 0.4) is 0 Å². The van der Waals surface area contributed by atoms with Gasteiger partial charge in [-0.3, -0.25) is 4.79 Å². The summed E-state index contributed by atoms with van der Waals surface area (Å²) >= 11 is 0. The molecule has 0 atom stereocenters. The predicted molar refractivity (Wildman–Crippen MR) is 68.0 cm³/mol. The van der Waals surface area contributed by atoms with Crippen molar-refractivity contribution in [3.63, 3.8) is 0 Å². The first-order valence-corrected chi connectivity index (χ1v) is 5.89. The highest BCUT2D eigenvalue weighted by molar-refractivity contribution is 5.76. The summed E-state index contributed by atoms with van der Waals surface area (Å²) in [6.07, 6.45) is -4.48. The van der Waals surface area contributed by atoms with Crippen LogP contribution in [-0.4, -0.2) is 6.29 Å². The number of hydrogen-bond acceptors (Lipinski definition) is 3. The van der Waals surface area contributed by atoms with E-state index in [1.54, 1.807) is 0 Å². The third-order valence-corrected chi connectivity index (χ3v) is 2.76. The number of carbonyl (C=O) groups excluding carboxylic acids is 1. The minimum absolute atomic E-state index is 0.266. The summed E-state index contributed by atoms with van der Waals surface area (Å²) in [5.74, 6) is -1.66. The van der Waals surface area contributed by atoms with Crippen LogP contribution in [0.4, 0.5) is 17.6 Å². The fourth-order valence-electron chi connectivity index (χ4n) is 1.74. The van der Waals surface area contributed by atoms with Gasteiger partial charge in [0.25, 0.3) is 0 Å². The highest BCUT2D eigenvalue weighted by atomic mass is 19.4. The standard InChI is InChI=1S/C15H7F4NO2/c16-14-10(8-21)2-1-3-13(14)22-11-5-4-9(7-20)12(6-11)15(17,18)19/h1-6,8H. The lowest BCUT2D eigenvalue weighted by Gasteiger charge is -2.12. The summed E-state index contributed by atoms with van der Waals surface area (Å²) < 4.78 is 57.3. The van der Waals surface area contributed by atoms with Crippen molar-refractivity contribution in [2.24, 2.45) is 0 Å². The van der Waals surface area contributed by atoms with Crippen LogP contribution in [0.15, 0.2) is 36.4 Å². The molecule has 0 aliphatic heterocycles. The Morgan fingerprint density at radius 1 is 1.18 bits per heavy atom. The lowest BCUT2D eigenvalue weighted by atomic mass is 10.1. The van der Waals surface area contributed by atoms with E-state index in [4.69, 9.17) is 10.00 Å². The zero-order valence-corrected chi connectivity index (χ0v) is 10.8. The quantitative estimate of drug-likeness (QED) is 0.626. The van der Waals surface area contributed by atoms with E-state index in [-0.39, 0.29) is 23.3 Å². The molecule has 0 amide bonds. The van der Waals surface area contributed by atoms with Crippen molar-refractivity contribution in [3.8, 4) is 17.6 Å². The Hall–Kier alpha value is -2.88. The van der Waals surface area contributed by atoms with Crippen LogP contribution in [0.25, 0.3) is 0 Å². The first kappa shape index (κ1) is 15.5. The molecule has 0 bridgehead atoms. The van der Waals surface area contributed by atoms with Crippen LogP contribution < -0.4 is 4.74 Å². The average molecular weight is 309 g/mol. The van der Waals surface area contributed by atoms with Crippen LogP contribution in [-0.2, 0) is 6.18 Å². The zero-order valence-electron chi connectivity index (χ0n) is 10.8. The molecular formula is C15H7F4NO2. The predicted octanol–water partition coefficient (Wildman–Crippen LogP) is 4.32. The molecule has 0 saturated carbocycles. The van der Waals surface area contributed by atoms with E-state index in [0.717, 1.165) is 12.1 Å². The molecule has 112 valence electrons. The molecule has 0 unspecified atom stereocenters. The molecule has 22 heavy (non-hydrogen) atoms. The van der Waals surface area contributed by atoms with Crippen LogP contribution in [0, 0.1) is 17.1 Å². The van der Waals surface area contributed by atoms with Gasteiger partial charge in [0.1, 0.15) is 5.75 Å². The molecule has 0 N–H and O–H groups in total. The molecule has 0 aromatic heterocycles. The Morgan fingerprint density at radius 2 is 1.91 bits per heavy atom. The molecule has 0 fully saturated rings. The number of ether oxygens (including phenoxy) is 1. The topological polar surface area (TPSA) is 50.1 Å². The van der Waals surface area contributed by atoms with Crippen LogP contribution in [0.1, 0.15) is 21.5 Å². The van der Waals surface area contributed by atoms with Gasteiger partial charge in [0, 0.05) is 0 Å². The Morgan fingerprint density at radius 3 is 2.50 bits per heavy atom. The molecule has 0 saturated heterocycles. The van der Waals surface area contributed by atoms with Crippen molar-refractivity contribution in [3.05, 3.63) is 58.9 Å². The number of benzene rings is 2. The van der Waals surface area contributed by atoms with Crippen LogP contribution in [0.2, 0.25) is 0 Å². The smallest absolute Gasteiger partial charge is 0.417 e. The minimum Gasteiger partial charge on any atom is -0.454 e. The van der Waals surface area contributed by atoms with E-state index in [2.05, 4.69) is 0 Å². The van der Waals surface area contributed by atoms with E-state index in [0.29, 0.717) is 6.07 Å². The molecule has 2 aromatic rings. The average Bonchev–Trinajstić information content (AvgIpc) is 2.48. The Kier molecular flexibility index (Phi) is 4.13. The molecule has 0 heterocycles. The number of hydrogen-bond donors (Lipinski definition) is 0. The molecular weight excluding hydrogens is 302 g/mol. The van der Waals surface area contributed by atoms with Gasteiger partial charge in [0.05, 0.1) is 22.8 Å². The number of alkyl halides is 3. The van der Waals surface area contributed by atoms with E-state index in [1.165, 1.54) is 24.3 Å². The number of nitriles is 1. The highest BCUT2D eigenvalue weighted by Crippen LogP contribution is 2.35. The molecule has 3 nitrogen and oxygen atoms in total. The van der Waals surface area contributed by atoms with Crippen LogP contribution >= 0.6 is 0 Å².